The third-order valence-corrected chi connectivity index (χ3v) is 2.73. The van der Waals surface area contributed by atoms with Crippen LogP contribution in [0.1, 0.15) is 13.3 Å². The van der Waals surface area contributed by atoms with Crippen molar-refractivity contribution in [1.29, 1.82) is 0 Å². The smallest absolute Gasteiger partial charge is 0.222 e. The number of anilines is 2. The van der Waals surface area contributed by atoms with E-state index in [1.54, 1.807) is 6.20 Å². The molecule has 1 aromatic rings. The molecule has 0 bridgehead atoms. The van der Waals surface area contributed by atoms with Crippen molar-refractivity contribution in [1.82, 2.24) is 14.9 Å². The number of aromatic nitrogens is 2. The van der Waals surface area contributed by atoms with Crippen LogP contribution < -0.4 is 10.6 Å². The van der Waals surface area contributed by atoms with Gasteiger partial charge in [-0.05, 0) is 34.0 Å². The summed E-state index contributed by atoms with van der Waals surface area (Å²) < 4.78 is 0. The minimum atomic E-state index is 0.260. The van der Waals surface area contributed by atoms with Crippen LogP contribution >= 0.6 is 11.6 Å². The minimum Gasteiger partial charge on any atom is -0.368 e. The minimum absolute atomic E-state index is 0.260. The largest absolute Gasteiger partial charge is 0.368 e. The molecule has 0 amide bonds. The van der Waals surface area contributed by atoms with E-state index in [4.69, 9.17) is 17.3 Å². The highest BCUT2D eigenvalue weighted by Gasteiger charge is 2.11. The molecule has 0 unspecified atom stereocenters. The fourth-order valence-corrected chi connectivity index (χ4v) is 1.80. The van der Waals surface area contributed by atoms with Gasteiger partial charge in [-0.3, -0.25) is 0 Å². The Kier molecular flexibility index (Phi) is 5.44. The summed E-state index contributed by atoms with van der Waals surface area (Å²) in [6.07, 6.45) is 2.61. The first-order valence-electron chi connectivity index (χ1n) is 5.72. The van der Waals surface area contributed by atoms with E-state index in [1.807, 2.05) is 0 Å². The van der Waals surface area contributed by atoms with E-state index in [9.17, 15) is 0 Å². The Morgan fingerprint density at radius 3 is 2.65 bits per heavy atom. The van der Waals surface area contributed by atoms with Crippen LogP contribution in [0, 0.1) is 0 Å². The second-order valence-corrected chi connectivity index (χ2v) is 4.54. The van der Waals surface area contributed by atoms with Crippen LogP contribution in [-0.4, -0.2) is 48.6 Å². The van der Waals surface area contributed by atoms with E-state index in [2.05, 4.69) is 40.8 Å². The number of hydrogen-bond donors (Lipinski definition) is 1. The Balaban J connectivity index is 2.68. The summed E-state index contributed by atoms with van der Waals surface area (Å²) in [6.45, 7) is 4.87. The molecular weight excluding hydrogens is 238 g/mol. The lowest BCUT2D eigenvalue weighted by Gasteiger charge is -2.23. The van der Waals surface area contributed by atoms with E-state index in [0.29, 0.717) is 5.02 Å². The van der Waals surface area contributed by atoms with Crippen molar-refractivity contribution in [2.24, 2.45) is 0 Å². The molecule has 0 aromatic carbocycles. The highest BCUT2D eigenvalue weighted by Crippen LogP contribution is 2.22. The molecule has 0 aliphatic carbocycles. The molecule has 1 aromatic heterocycles. The number of nitrogen functional groups attached to an aromatic ring is 1. The van der Waals surface area contributed by atoms with Gasteiger partial charge in [0.2, 0.25) is 5.95 Å². The van der Waals surface area contributed by atoms with Crippen molar-refractivity contribution in [3.63, 3.8) is 0 Å². The van der Waals surface area contributed by atoms with Crippen LogP contribution in [0.15, 0.2) is 6.20 Å². The van der Waals surface area contributed by atoms with Gasteiger partial charge in [0, 0.05) is 13.1 Å². The number of halogens is 1. The van der Waals surface area contributed by atoms with E-state index in [1.165, 1.54) is 0 Å². The standard InChI is InChI=1S/C11H20ClN5/c1-4-17(7-5-6-16(2)3)10-9(12)8-14-11(13)15-10/h8H,4-7H2,1-3H3,(H2,13,14,15). The summed E-state index contributed by atoms with van der Waals surface area (Å²) in [4.78, 5) is 12.3. The van der Waals surface area contributed by atoms with Crippen LogP contribution in [-0.2, 0) is 0 Å². The van der Waals surface area contributed by atoms with Crippen molar-refractivity contribution >= 4 is 23.4 Å². The Labute approximate surface area is 108 Å². The second kappa shape index (κ2) is 6.61. The monoisotopic (exact) mass is 257 g/mol. The average molecular weight is 258 g/mol. The molecule has 0 spiro atoms. The molecule has 96 valence electrons. The zero-order valence-electron chi connectivity index (χ0n) is 10.6. The van der Waals surface area contributed by atoms with Crippen LogP contribution in [0.2, 0.25) is 5.02 Å². The molecule has 1 rings (SSSR count). The Hall–Kier alpha value is -1.07. The lowest BCUT2D eigenvalue weighted by Crippen LogP contribution is -2.28. The molecule has 0 saturated carbocycles. The lowest BCUT2D eigenvalue weighted by atomic mass is 10.3. The Morgan fingerprint density at radius 1 is 1.35 bits per heavy atom. The van der Waals surface area contributed by atoms with Crippen molar-refractivity contribution < 1.29 is 0 Å². The second-order valence-electron chi connectivity index (χ2n) is 4.14. The van der Waals surface area contributed by atoms with Gasteiger partial charge < -0.3 is 15.5 Å². The molecule has 6 heteroatoms. The highest BCUT2D eigenvalue weighted by atomic mass is 35.5. The first kappa shape index (κ1) is 14.0. The molecule has 0 atom stereocenters. The molecule has 0 aliphatic rings. The first-order chi connectivity index (χ1) is 8.04. The third-order valence-electron chi connectivity index (χ3n) is 2.46. The molecule has 2 N–H and O–H groups in total. The molecule has 17 heavy (non-hydrogen) atoms. The van der Waals surface area contributed by atoms with Gasteiger partial charge in [-0.1, -0.05) is 11.6 Å². The lowest BCUT2D eigenvalue weighted by molar-refractivity contribution is 0.400. The van der Waals surface area contributed by atoms with Crippen molar-refractivity contribution in [2.75, 3.05) is 44.4 Å². The third kappa shape index (κ3) is 4.36. The molecule has 0 saturated heterocycles. The van der Waals surface area contributed by atoms with Crippen LogP contribution in [0.25, 0.3) is 0 Å². The van der Waals surface area contributed by atoms with Gasteiger partial charge in [-0.15, -0.1) is 0 Å². The van der Waals surface area contributed by atoms with E-state index in [0.717, 1.165) is 31.9 Å². The Morgan fingerprint density at radius 2 is 2.06 bits per heavy atom. The fourth-order valence-electron chi connectivity index (χ4n) is 1.58. The molecule has 0 fully saturated rings. The number of nitrogens with two attached hydrogens (primary N) is 1. The topological polar surface area (TPSA) is 58.3 Å². The van der Waals surface area contributed by atoms with E-state index in [-0.39, 0.29) is 5.95 Å². The SMILES string of the molecule is CCN(CCCN(C)C)c1nc(N)ncc1Cl. The molecular formula is C11H20ClN5. The molecule has 1 heterocycles. The van der Waals surface area contributed by atoms with Crippen LogP contribution in [0.3, 0.4) is 0 Å². The number of rotatable bonds is 6. The van der Waals surface area contributed by atoms with Crippen LogP contribution in [0.5, 0.6) is 0 Å². The number of hydrogen-bond acceptors (Lipinski definition) is 5. The fraction of sp³-hybridized carbons (Fsp3) is 0.636. The highest BCUT2D eigenvalue weighted by molar-refractivity contribution is 6.32. The summed E-state index contributed by atoms with van der Waals surface area (Å²) in [5, 5.41) is 0.547. The normalized spacial score (nSPS) is 10.9. The van der Waals surface area contributed by atoms with Gasteiger partial charge in [0.1, 0.15) is 5.02 Å². The number of nitrogens with zero attached hydrogens (tertiary/aromatic N) is 4. The Bertz CT molecular complexity index is 356. The summed E-state index contributed by atoms with van der Waals surface area (Å²) in [5.74, 6) is 0.982. The van der Waals surface area contributed by atoms with Gasteiger partial charge in [0.05, 0.1) is 6.20 Å². The molecule has 5 nitrogen and oxygen atoms in total. The van der Waals surface area contributed by atoms with Gasteiger partial charge in [-0.2, -0.15) is 4.98 Å². The summed E-state index contributed by atoms with van der Waals surface area (Å²) in [7, 11) is 4.12. The van der Waals surface area contributed by atoms with E-state index >= 15 is 0 Å². The van der Waals surface area contributed by atoms with Gasteiger partial charge in [0.25, 0.3) is 0 Å². The molecule has 0 radical (unpaired) electrons. The summed E-state index contributed by atoms with van der Waals surface area (Å²) >= 11 is 6.08. The average Bonchev–Trinajstić information content (AvgIpc) is 2.28. The maximum atomic E-state index is 6.08. The van der Waals surface area contributed by atoms with Gasteiger partial charge in [-0.25, -0.2) is 4.98 Å². The van der Waals surface area contributed by atoms with Crippen molar-refractivity contribution in [2.45, 2.75) is 13.3 Å². The summed E-state index contributed by atoms with van der Waals surface area (Å²) in [6, 6.07) is 0. The predicted octanol–water partition coefficient (Wildman–Crippen LogP) is 1.49. The maximum Gasteiger partial charge on any atom is 0.222 e. The van der Waals surface area contributed by atoms with Crippen LogP contribution in [0.4, 0.5) is 11.8 Å². The zero-order valence-corrected chi connectivity index (χ0v) is 11.4. The summed E-state index contributed by atoms with van der Waals surface area (Å²) in [5.41, 5.74) is 5.58. The molecule has 0 aliphatic heterocycles. The van der Waals surface area contributed by atoms with Crippen molar-refractivity contribution in [3.05, 3.63) is 11.2 Å². The maximum absolute atomic E-state index is 6.08. The van der Waals surface area contributed by atoms with Gasteiger partial charge in [0.15, 0.2) is 5.82 Å². The van der Waals surface area contributed by atoms with Gasteiger partial charge >= 0.3 is 0 Å². The first-order valence-corrected chi connectivity index (χ1v) is 6.10. The quantitative estimate of drug-likeness (QED) is 0.837. The predicted molar refractivity (Wildman–Crippen MR) is 72.5 cm³/mol. The van der Waals surface area contributed by atoms with E-state index < -0.39 is 0 Å². The van der Waals surface area contributed by atoms with Crippen molar-refractivity contribution in [3.8, 4) is 0 Å². The zero-order chi connectivity index (χ0) is 12.8.